The number of rotatable bonds is 4. The van der Waals surface area contributed by atoms with Crippen LogP contribution in [0.2, 0.25) is 0 Å². The molecule has 0 radical (unpaired) electrons. The molecule has 1 aromatic rings. The molecule has 0 unspecified atom stereocenters. The maximum atomic E-state index is 12.6. The molecule has 22 heavy (non-hydrogen) atoms. The van der Waals surface area contributed by atoms with E-state index in [2.05, 4.69) is 5.32 Å². The molecule has 1 aliphatic carbocycles. The third-order valence-corrected chi connectivity index (χ3v) is 5.65. The van der Waals surface area contributed by atoms with Crippen molar-refractivity contribution < 1.29 is 14.7 Å². The number of carbonyl (C=O) groups is 2. The van der Waals surface area contributed by atoms with Gasteiger partial charge < -0.3 is 15.2 Å². The second kappa shape index (κ2) is 5.75. The summed E-state index contributed by atoms with van der Waals surface area (Å²) in [5, 5.41) is 14.5. The summed E-state index contributed by atoms with van der Waals surface area (Å²) in [4.78, 5) is 24.1. The molecule has 4 nitrogen and oxygen atoms in total. The molecule has 1 saturated carbocycles. The molecule has 0 bridgehead atoms. The smallest absolute Gasteiger partial charge is 0.224 e. The third-order valence-electron chi connectivity index (χ3n) is 5.65. The number of carboxylic acid groups (broad SMARTS) is 1. The Kier molecular flexibility index (Phi) is 4.32. The zero-order valence-corrected chi connectivity index (χ0v) is 13.7. The summed E-state index contributed by atoms with van der Waals surface area (Å²) in [6.45, 7) is 7.34. The SMILES string of the molecule is C[C@@H](NC(=O)[C@@H]1CC[C@@](C)(C(=O)[O-])C1(C)C)c1ccccc1. The Morgan fingerprint density at radius 3 is 2.32 bits per heavy atom. The summed E-state index contributed by atoms with van der Waals surface area (Å²) in [5.74, 6) is -1.46. The van der Waals surface area contributed by atoms with Crippen LogP contribution in [0.5, 0.6) is 0 Å². The van der Waals surface area contributed by atoms with Gasteiger partial charge in [0.1, 0.15) is 0 Å². The van der Waals surface area contributed by atoms with E-state index in [1.807, 2.05) is 51.1 Å². The highest BCUT2D eigenvalue weighted by Gasteiger charge is 2.54. The fourth-order valence-electron chi connectivity index (χ4n) is 3.46. The Morgan fingerprint density at radius 2 is 1.82 bits per heavy atom. The predicted molar refractivity (Wildman–Crippen MR) is 82.6 cm³/mol. The van der Waals surface area contributed by atoms with Crippen LogP contribution in [0, 0.1) is 16.7 Å². The van der Waals surface area contributed by atoms with E-state index in [0.29, 0.717) is 12.8 Å². The Labute approximate surface area is 131 Å². The predicted octanol–water partition coefficient (Wildman–Crippen LogP) is 2.06. The van der Waals surface area contributed by atoms with E-state index >= 15 is 0 Å². The minimum Gasteiger partial charge on any atom is -0.550 e. The summed E-state index contributed by atoms with van der Waals surface area (Å²) < 4.78 is 0. The monoisotopic (exact) mass is 302 g/mol. The summed E-state index contributed by atoms with van der Waals surface area (Å²) in [6, 6.07) is 9.64. The number of aliphatic carboxylic acids is 1. The Morgan fingerprint density at radius 1 is 1.23 bits per heavy atom. The van der Waals surface area contributed by atoms with Gasteiger partial charge in [-0.15, -0.1) is 0 Å². The van der Waals surface area contributed by atoms with Crippen LogP contribution >= 0.6 is 0 Å². The van der Waals surface area contributed by atoms with Crippen LogP contribution in [-0.2, 0) is 9.59 Å². The first-order valence-corrected chi connectivity index (χ1v) is 7.77. The van der Waals surface area contributed by atoms with Crippen molar-refractivity contribution in [3.05, 3.63) is 35.9 Å². The van der Waals surface area contributed by atoms with Gasteiger partial charge in [-0.2, -0.15) is 0 Å². The van der Waals surface area contributed by atoms with Crippen LogP contribution in [0.4, 0.5) is 0 Å². The lowest BCUT2D eigenvalue weighted by molar-refractivity contribution is -0.323. The molecule has 3 atom stereocenters. The molecule has 0 saturated heterocycles. The van der Waals surface area contributed by atoms with E-state index in [1.54, 1.807) is 6.92 Å². The van der Waals surface area contributed by atoms with E-state index in [9.17, 15) is 14.7 Å². The van der Waals surface area contributed by atoms with Crippen molar-refractivity contribution in [2.75, 3.05) is 0 Å². The average Bonchev–Trinajstić information content (AvgIpc) is 2.71. The van der Waals surface area contributed by atoms with Crippen molar-refractivity contribution in [3.63, 3.8) is 0 Å². The fourth-order valence-corrected chi connectivity index (χ4v) is 3.46. The molecular weight excluding hydrogens is 278 g/mol. The molecule has 1 amide bonds. The van der Waals surface area contributed by atoms with E-state index in [-0.39, 0.29) is 17.9 Å². The van der Waals surface area contributed by atoms with Crippen LogP contribution in [0.25, 0.3) is 0 Å². The van der Waals surface area contributed by atoms with Gasteiger partial charge in [-0.3, -0.25) is 4.79 Å². The molecule has 1 fully saturated rings. The van der Waals surface area contributed by atoms with Gasteiger partial charge in [0.25, 0.3) is 0 Å². The first kappa shape index (κ1) is 16.5. The molecule has 1 aliphatic rings. The van der Waals surface area contributed by atoms with Gasteiger partial charge in [0, 0.05) is 17.3 Å². The number of carboxylic acids is 1. The summed E-state index contributed by atoms with van der Waals surface area (Å²) in [5.41, 5.74) is -0.563. The van der Waals surface area contributed by atoms with Crippen LogP contribution in [0.1, 0.15) is 52.1 Å². The number of nitrogens with one attached hydrogen (secondary N) is 1. The number of benzene rings is 1. The minimum atomic E-state index is -1.07. The molecular formula is C18H24NO3-. The molecule has 2 rings (SSSR count). The molecule has 1 N–H and O–H groups in total. The molecule has 0 aromatic heterocycles. The van der Waals surface area contributed by atoms with Gasteiger partial charge in [0.15, 0.2) is 0 Å². The minimum absolute atomic E-state index is 0.0775. The maximum absolute atomic E-state index is 12.6. The highest BCUT2D eigenvalue weighted by atomic mass is 16.4. The summed E-state index contributed by atoms with van der Waals surface area (Å²) in [6.07, 6.45) is 1.05. The van der Waals surface area contributed by atoms with Crippen LogP contribution in [0.3, 0.4) is 0 Å². The highest BCUT2D eigenvalue weighted by molar-refractivity contribution is 5.83. The van der Waals surface area contributed by atoms with Crippen molar-refractivity contribution in [2.45, 2.75) is 46.6 Å². The molecule has 120 valence electrons. The lowest BCUT2D eigenvalue weighted by Crippen LogP contribution is -2.50. The molecule has 0 heterocycles. The third kappa shape index (κ3) is 2.62. The molecule has 0 aliphatic heterocycles. The largest absolute Gasteiger partial charge is 0.550 e. The average molecular weight is 302 g/mol. The fraction of sp³-hybridized carbons (Fsp3) is 0.556. The zero-order valence-electron chi connectivity index (χ0n) is 13.7. The van der Waals surface area contributed by atoms with Gasteiger partial charge in [-0.1, -0.05) is 51.1 Å². The topological polar surface area (TPSA) is 69.2 Å². The number of hydrogen-bond acceptors (Lipinski definition) is 3. The van der Waals surface area contributed by atoms with Gasteiger partial charge in [0.05, 0.1) is 6.04 Å². The van der Waals surface area contributed by atoms with Crippen molar-refractivity contribution in [1.82, 2.24) is 5.32 Å². The van der Waals surface area contributed by atoms with Crippen molar-refractivity contribution >= 4 is 11.9 Å². The van der Waals surface area contributed by atoms with Crippen LogP contribution < -0.4 is 10.4 Å². The lowest BCUT2D eigenvalue weighted by Gasteiger charge is -2.42. The Bertz CT molecular complexity index is 567. The quantitative estimate of drug-likeness (QED) is 0.925. The van der Waals surface area contributed by atoms with E-state index in [4.69, 9.17) is 0 Å². The standard InChI is InChI=1S/C18H25NO3/c1-12(13-8-6-5-7-9-13)19-15(20)14-10-11-18(4,16(21)22)17(14,2)3/h5-9,12,14H,10-11H2,1-4H3,(H,19,20)(H,21,22)/p-1/t12-,14+,18+/m1/s1. The maximum Gasteiger partial charge on any atom is 0.224 e. The Hall–Kier alpha value is -1.84. The zero-order chi connectivity index (χ0) is 16.5. The summed E-state index contributed by atoms with van der Waals surface area (Å²) >= 11 is 0. The van der Waals surface area contributed by atoms with E-state index in [0.717, 1.165) is 5.56 Å². The first-order valence-electron chi connectivity index (χ1n) is 7.77. The van der Waals surface area contributed by atoms with Crippen molar-refractivity contribution in [2.24, 2.45) is 16.7 Å². The van der Waals surface area contributed by atoms with E-state index in [1.165, 1.54) is 0 Å². The van der Waals surface area contributed by atoms with Gasteiger partial charge >= 0.3 is 0 Å². The van der Waals surface area contributed by atoms with Gasteiger partial charge in [-0.05, 0) is 30.7 Å². The second-order valence-electron chi connectivity index (χ2n) is 7.07. The van der Waals surface area contributed by atoms with Crippen molar-refractivity contribution in [1.29, 1.82) is 0 Å². The molecule has 0 spiro atoms. The number of hydrogen-bond donors (Lipinski definition) is 1. The first-order chi connectivity index (χ1) is 10.2. The van der Waals surface area contributed by atoms with Crippen LogP contribution in [0.15, 0.2) is 30.3 Å². The van der Waals surface area contributed by atoms with Crippen LogP contribution in [-0.4, -0.2) is 11.9 Å². The second-order valence-corrected chi connectivity index (χ2v) is 7.07. The Balaban J connectivity index is 2.13. The van der Waals surface area contributed by atoms with Gasteiger partial charge in [-0.25, -0.2) is 0 Å². The molecule has 1 aromatic carbocycles. The lowest BCUT2D eigenvalue weighted by atomic mass is 9.65. The van der Waals surface area contributed by atoms with Crippen molar-refractivity contribution in [3.8, 4) is 0 Å². The normalized spacial score (nSPS) is 28.1. The number of amides is 1. The molecule has 4 heteroatoms. The number of carbonyl (C=O) groups excluding carboxylic acids is 2. The highest BCUT2D eigenvalue weighted by Crippen LogP contribution is 2.55. The van der Waals surface area contributed by atoms with E-state index < -0.39 is 16.8 Å². The summed E-state index contributed by atoms with van der Waals surface area (Å²) in [7, 11) is 0. The van der Waals surface area contributed by atoms with Gasteiger partial charge in [0.2, 0.25) is 5.91 Å².